The number of hydrogen-bond donors (Lipinski definition) is 1. The van der Waals surface area contributed by atoms with Gasteiger partial charge in [0.2, 0.25) is 0 Å². The number of benzene rings is 1. The van der Waals surface area contributed by atoms with E-state index < -0.39 is 0 Å². The molecule has 1 saturated carbocycles. The topological polar surface area (TPSA) is 34.1 Å². The van der Waals surface area contributed by atoms with Gasteiger partial charge in [0, 0.05) is 23.5 Å². The van der Waals surface area contributed by atoms with Crippen LogP contribution in [0.25, 0.3) is 11.3 Å². The van der Waals surface area contributed by atoms with E-state index in [4.69, 9.17) is 9.72 Å². The summed E-state index contributed by atoms with van der Waals surface area (Å²) in [5.74, 6) is 0.887. The molecule has 4 heteroatoms. The minimum Gasteiger partial charge on any atom is -0.496 e. The Bertz CT molecular complexity index is 575. The monoisotopic (exact) mass is 274 g/mol. The summed E-state index contributed by atoms with van der Waals surface area (Å²) in [7, 11) is 1.70. The molecule has 2 aromatic rings. The lowest BCUT2D eigenvalue weighted by Gasteiger charge is -2.07. The number of ether oxygens (including phenoxy) is 1. The third-order valence-electron chi connectivity index (χ3n) is 3.30. The van der Waals surface area contributed by atoms with Crippen LogP contribution < -0.4 is 10.1 Å². The third-order valence-corrected chi connectivity index (χ3v) is 4.15. The van der Waals surface area contributed by atoms with E-state index in [1.807, 2.05) is 6.07 Å². The first kappa shape index (κ1) is 12.6. The molecule has 0 atom stereocenters. The Labute approximate surface area is 117 Å². The van der Waals surface area contributed by atoms with E-state index in [-0.39, 0.29) is 0 Å². The zero-order valence-corrected chi connectivity index (χ0v) is 12.1. The molecule has 0 bridgehead atoms. The summed E-state index contributed by atoms with van der Waals surface area (Å²) in [4.78, 5) is 4.71. The van der Waals surface area contributed by atoms with Crippen LogP contribution in [0, 0.1) is 6.92 Å². The van der Waals surface area contributed by atoms with Gasteiger partial charge in [-0.2, -0.15) is 0 Å². The fourth-order valence-corrected chi connectivity index (χ4v) is 2.80. The SMILES string of the molecule is COc1ccc(C)cc1-c1csc(CNC2CC2)n1. The van der Waals surface area contributed by atoms with Crippen molar-refractivity contribution in [3.8, 4) is 17.0 Å². The van der Waals surface area contributed by atoms with Crippen LogP contribution in [0.2, 0.25) is 0 Å². The number of rotatable bonds is 5. The first-order chi connectivity index (χ1) is 9.26. The Balaban J connectivity index is 1.82. The van der Waals surface area contributed by atoms with Crippen LogP contribution >= 0.6 is 11.3 Å². The lowest BCUT2D eigenvalue weighted by molar-refractivity contribution is 0.416. The van der Waals surface area contributed by atoms with Crippen molar-refractivity contribution in [3.63, 3.8) is 0 Å². The molecule has 0 spiro atoms. The lowest BCUT2D eigenvalue weighted by Crippen LogP contribution is -2.14. The van der Waals surface area contributed by atoms with Gasteiger partial charge in [-0.3, -0.25) is 0 Å². The van der Waals surface area contributed by atoms with E-state index in [0.717, 1.165) is 34.6 Å². The van der Waals surface area contributed by atoms with Gasteiger partial charge >= 0.3 is 0 Å². The van der Waals surface area contributed by atoms with E-state index in [1.54, 1.807) is 18.4 Å². The Morgan fingerprint density at radius 2 is 2.26 bits per heavy atom. The van der Waals surface area contributed by atoms with Gasteiger partial charge in [0.15, 0.2) is 0 Å². The summed E-state index contributed by atoms with van der Waals surface area (Å²) in [6, 6.07) is 6.92. The fraction of sp³-hybridized carbons (Fsp3) is 0.400. The first-order valence-corrected chi connectivity index (χ1v) is 7.47. The second kappa shape index (κ2) is 5.31. The van der Waals surface area contributed by atoms with Crippen LogP contribution in [0.15, 0.2) is 23.6 Å². The van der Waals surface area contributed by atoms with Gasteiger partial charge in [-0.05, 0) is 31.9 Å². The molecule has 0 aliphatic heterocycles. The second-order valence-corrected chi connectivity index (χ2v) is 5.93. The molecule has 0 amide bonds. The number of hydrogen-bond acceptors (Lipinski definition) is 4. The summed E-state index contributed by atoms with van der Waals surface area (Å²) in [5, 5.41) is 6.75. The molecule has 100 valence electrons. The molecular weight excluding hydrogens is 256 g/mol. The van der Waals surface area contributed by atoms with Crippen molar-refractivity contribution in [2.75, 3.05) is 7.11 Å². The average molecular weight is 274 g/mol. The van der Waals surface area contributed by atoms with E-state index in [9.17, 15) is 0 Å². The van der Waals surface area contributed by atoms with Crippen LogP contribution in [0.4, 0.5) is 0 Å². The second-order valence-electron chi connectivity index (χ2n) is 4.99. The molecule has 1 fully saturated rings. The summed E-state index contributed by atoms with van der Waals surface area (Å²) >= 11 is 1.71. The van der Waals surface area contributed by atoms with E-state index in [0.29, 0.717) is 0 Å². The molecule has 1 aliphatic rings. The van der Waals surface area contributed by atoms with Gasteiger partial charge < -0.3 is 10.1 Å². The predicted molar refractivity (Wildman–Crippen MR) is 78.7 cm³/mol. The highest BCUT2D eigenvalue weighted by molar-refractivity contribution is 7.09. The quantitative estimate of drug-likeness (QED) is 0.907. The van der Waals surface area contributed by atoms with Crippen LogP contribution in [0.1, 0.15) is 23.4 Å². The summed E-state index contributed by atoms with van der Waals surface area (Å²) in [6.07, 6.45) is 2.62. The smallest absolute Gasteiger partial charge is 0.128 e. The Kier molecular flexibility index (Phi) is 3.53. The molecule has 19 heavy (non-hydrogen) atoms. The van der Waals surface area contributed by atoms with Gasteiger partial charge in [-0.15, -0.1) is 11.3 Å². The highest BCUT2D eigenvalue weighted by Gasteiger charge is 2.20. The number of nitrogens with one attached hydrogen (secondary N) is 1. The molecule has 0 unspecified atom stereocenters. The van der Waals surface area contributed by atoms with Crippen molar-refractivity contribution in [3.05, 3.63) is 34.2 Å². The van der Waals surface area contributed by atoms with Gasteiger partial charge in [-0.1, -0.05) is 11.6 Å². The zero-order chi connectivity index (χ0) is 13.2. The van der Waals surface area contributed by atoms with Crippen LogP contribution in [-0.4, -0.2) is 18.1 Å². The summed E-state index contributed by atoms with van der Waals surface area (Å²) in [6.45, 7) is 2.97. The molecule has 1 N–H and O–H groups in total. The molecule has 0 radical (unpaired) electrons. The molecule has 1 aliphatic carbocycles. The number of aryl methyl sites for hydroxylation is 1. The third kappa shape index (κ3) is 2.96. The largest absolute Gasteiger partial charge is 0.496 e. The van der Waals surface area contributed by atoms with Gasteiger partial charge in [-0.25, -0.2) is 4.98 Å². The Hall–Kier alpha value is -1.39. The molecule has 0 saturated heterocycles. The van der Waals surface area contributed by atoms with Crippen molar-refractivity contribution < 1.29 is 4.74 Å². The average Bonchev–Trinajstić information content (AvgIpc) is 3.13. The van der Waals surface area contributed by atoms with Crippen molar-refractivity contribution in [2.24, 2.45) is 0 Å². The van der Waals surface area contributed by atoms with Crippen molar-refractivity contribution >= 4 is 11.3 Å². The Morgan fingerprint density at radius 1 is 1.42 bits per heavy atom. The van der Waals surface area contributed by atoms with Crippen LogP contribution in [-0.2, 0) is 6.54 Å². The van der Waals surface area contributed by atoms with E-state index in [2.05, 4.69) is 29.8 Å². The molecule has 3 rings (SSSR count). The summed E-state index contributed by atoms with van der Waals surface area (Å²) < 4.78 is 5.42. The molecular formula is C15H18N2OS. The van der Waals surface area contributed by atoms with Crippen molar-refractivity contribution in [1.29, 1.82) is 0 Å². The summed E-state index contributed by atoms with van der Waals surface area (Å²) in [5.41, 5.74) is 3.32. The first-order valence-electron chi connectivity index (χ1n) is 6.59. The number of methoxy groups -OCH3 is 1. The van der Waals surface area contributed by atoms with E-state index >= 15 is 0 Å². The standard InChI is InChI=1S/C15H18N2OS/c1-10-3-6-14(18-2)12(7-10)13-9-19-15(17-13)8-16-11-4-5-11/h3,6-7,9,11,16H,4-5,8H2,1-2H3. The number of thiazole rings is 1. The highest BCUT2D eigenvalue weighted by Crippen LogP contribution is 2.31. The Morgan fingerprint density at radius 3 is 3.00 bits per heavy atom. The minimum atomic E-state index is 0.723. The van der Waals surface area contributed by atoms with Crippen LogP contribution in [0.3, 0.4) is 0 Å². The minimum absolute atomic E-state index is 0.723. The fourth-order valence-electron chi connectivity index (χ4n) is 2.06. The van der Waals surface area contributed by atoms with Gasteiger partial charge in [0.05, 0.1) is 12.8 Å². The lowest BCUT2D eigenvalue weighted by atomic mass is 10.1. The highest BCUT2D eigenvalue weighted by atomic mass is 32.1. The maximum atomic E-state index is 5.42. The maximum absolute atomic E-state index is 5.42. The van der Waals surface area contributed by atoms with Crippen molar-refractivity contribution in [1.82, 2.24) is 10.3 Å². The van der Waals surface area contributed by atoms with Gasteiger partial charge in [0.25, 0.3) is 0 Å². The van der Waals surface area contributed by atoms with Crippen LogP contribution in [0.5, 0.6) is 5.75 Å². The molecule has 1 aromatic carbocycles. The molecule has 3 nitrogen and oxygen atoms in total. The predicted octanol–water partition coefficient (Wildman–Crippen LogP) is 3.38. The number of aromatic nitrogens is 1. The van der Waals surface area contributed by atoms with Crippen molar-refractivity contribution in [2.45, 2.75) is 32.4 Å². The molecule has 1 heterocycles. The normalized spacial score (nSPS) is 14.6. The number of nitrogens with zero attached hydrogens (tertiary/aromatic N) is 1. The van der Waals surface area contributed by atoms with Gasteiger partial charge in [0.1, 0.15) is 10.8 Å². The zero-order valence-electron chi connectivity index (χ0n) is 11.3. The maximum Gasteiger partial charge on any atom is 0.128 e. The van der Waals surface area contributed by atoms with E-state index in [1.165, 1.54) is 18.4 Å². The molecule has 1 aromatic heterocycles.